The molecule has 6 heteroatoms. The van der Waals surface area contributed by atoms with Crippen LogP contribution in [0.1, 0.15) is 49.7 Å². The molecule has 0 spiro atoms. The zero-order valence-electron chi connectivity index (χ0n) is 19.2. The maximum absolute atomic E-state index is 5.86. The molecular formula is C27H27BrN4S. The van der Waals surface area contributed by atoms with Gasteiger partial charge in [-0.2, -0.15) is 0 Å². The van der Waals surface area contributed by atoms with E-state index in [0.29, 0.717) is 5.11 Å². The lowest BCUT2D eigenvalue weighted by atomic mass is 9.86. The fraction of sp³-hybridized carbons (Fsp3) is 0.259. The van der Waals surface area contributed by atoms with Gasteiger partial charge in [-0.3, -0.25) is 4.98 Å². The Bertz CT molecular complexity index is 1240. The van der Waals surface area contributed by atoms with Crippen LogP contribution < -0.4 is 15.1 Å². The molecule has 1 aromatic heterocycles. The number of thiocarbonyl (C=S) groups is 1. The van der Waals surface area contributed by atoms with Crippen LogP contribution in [-0.2, 0) is 0 Å². The summed E-state index contributed by atoms with van der Waals surface area (Å²) in [5.41, 5.74) is 7.04. The summed E-state index contributed by atoms with van der Waals surface area (Å²) < 4.78 is 1.04. The van der Waals surface area contributed by atoms with E-state index in [-0.39, 0.29) is 17.6 Å². The van der Waals surface area contributed by atoms with Crippen molar-refractivity contribution in [3.8, 4) is 0 Å². The second-order valence-corrected chi connectivity index (χ2v) is 10.6. The number of allylic oxidation sites excluding steroid dienone is 1. The van der Waals surface area contributed by atoms with Gasteiger partial charge in [-0.05, 0) is 92.7 Å². The summed E-state index contributed by atoms with van der Waals surface area (Å²) in [5, 5.41) is 4.26. The highest BCUT2D eigenvalue weighted by Crippen LogP contribution is 2.45. The van der Waals surface area contributed by atoms with Crippen molar-refractivity contribution in [2.24, 2.45) is 0 Å². The van der Waals surface area contributed by atoms with E-state index in [2.05, 4.69) is 118 Å². The molecule has 1 fully saturated rings. The normalized spacial score (nSPS) is 21.5. The molecule has 3 heterocycles. The molecule has 168 valence electrons. The van der Waals surface area contributed by atoms with Crippen molar-refractivity contribution in [1.82, 2.24) is 10.3 Å². The van der Waals surface area contributed by atoms with Crippen LogP contribution in [0.2, 0.25) is 0 Å². The molecule has 1 saturated heterocycles. The van der Waals surface area contributed by atoms with Crippen LogP contribution in [0.4, 0.5) is 11.4 Å². The summed E-state index contributed by atoms with van der Waals surface area (Å²) in [6.07, 6.45) is 4.19. The van der Waals surface area contributed by atoms with Gasteiger partial charge < -0.3 is 15.1 Å². The van der Waals surface area contributed by atoms with E-state index in [4.69, 9.17) is 12.2 Å². The smallest absolute Gasteiger partial charge is 0.174 e. The average Bonchev–Trinajstić information content (AvgIpc) is 3.15. The standard InChI is InChI=1S/C27H27BrN4S/c1-17-16-27(2,3)31(4)23-13-8-18(15-21(17)23)25-24(22-7-5-6-14-29-22)30-26(33)32(25)20-11-9-19(28)10-12-20/h5-16,24-25H,1-4H3,(H,30,33)/t24-,25-/m0/s1. The van der Waals surface area contributed by atoms with Crippen LogP contribution in [0.3, 0.4) is 0 Å². The number of likely N-dealkylation sites (N-methyl/N-ethyl adjacent to an activating group) is 1. The Kier molecular flexibility index (Phi) is 5.53. The van der Waals surface area contributed by atoms with Crippen LogP contribution in [0.25, 0.3) is 5.57 Å². The lowest BCUT2D eigenvalue weighted by Crippen LogP contribution is -2.42. The van der Waals surface area contributed by atoms with Crippen LogP contribution in [0.15, 0.2) is 77.4 Å². The summed E-state index contributed by atoms with van der Waals surface area (Å²) in [7, 11) is 2.17. The van der Waals surface area contributed by atoms with Crippen LogP contribution in [0.5, 0.6) is 0 Å². The molecule has 2 atom stereocenters. The van der Waals surface area contributed by atoms with Crippen molar-refractivity contribution in [1.29, 1.82) is 0 Å². The van der Waals surface area contributed by atoms with E-state index in [9.17, 15) is 0 Å². The first-order chi connectivity index (χ1) is 15.8. The fourth-order valence-corrected chi connectivity index (χ4v) is 5.54. The first-order valence-electron chi connectivity index (χ1n) is 11.1. The predicted octanol–water partition coefficient (Wildman–Crippen LogP) is 6.65. The van der Waals surface area contributed by atoms with Gasteiger partial charge in [-0.15, -0.1) is 0 Å². The quantitative estimate of drug-likeness (QED) is 0.392. The number of nitrogens with one attached hydrogen (secondary N) is 1. The third-order valence-electron chi connectivity index (χ3n) is 6.79. The molecule has 2 aliphatic heterocycles. The molecule has 2 aliphatic rings. The molecule has 3 aromatic rings. The molecule has 0 amide bonds. The molecule has 33 heavy (non-hydrogen) atoms. The van der Waals surface area contributed by atoms with Crippen molar-refractivity contribution in [2.75, 3.05) is 16.8 Å². The summed E-state index contributed by atoms with van der Waals surface area (Å²) >= 11 is 9.41. The number of hydrogen-bond donors (Lipinski definition) is 1. The number of halogens is 1. The molecule has 4 nitrogen and oxygen atoms in total. The summed E-state index contributed by atoms with van der Waals surface area (Å²) in [5.74, 6) is 0. The summed E-state index contributed by atoms with van der Waals surface area (Å²) in [6.45, 7) is 6.70. The number of aromatic nitrogens is 1. The van der Waals surface area contributed by atoms with E-state index >= 15 is 0 Å². The molecule has 0 saturated carbocycles. The highest BCUT2D eigenvalue weighted by Gasteiger charge is 2.41. The summed E-state index contributed by atoms with van der Waals surface area (Å²) in [6, 6.07) is 21.1. The van der Waals surface area contributed by atoms with Gasteiger partial charge in [0, 0.05) is 34.7 Å². The van der Waals surface area contributed by atoms with Gasteiger partial charge in [-0.1, -0.05) is 34.1 Å². The minimum atomic E-state index is -0.0533. The largest absolute Gasteiger partial charge is 0.366 e. The van der Waals surface area contributed by atoms with Crippen LogP contribution >= 0.6 is 28.1 Å². The maximum atomic E-state index is 5.86. The van der Waals surface area contributed by atoms with E-state index in [1.807, 2.05) is 18.3 Å². The lowest BCUT2D eigenvalue weighted by Gasteiger charge is -2.41. The molecule has 0 aliphatic carbocycles. The van der Waals surface area contributed by atoms with E-state index in [1.165, 1.54) is 22.4 Å². The van der Waals surface area contributed by atoms with Crippen LogP contribution in [-0.4, -0.2) is 22.7 Å². The second-order valence-electron chi connectivity index (χ2n) is 9.29. The first kappa shape index (κ1) is 22.1. The van der Waals surface area contributed by atoms with Gasteiger partial charge in [0.25, 0.3) is 0 Å². The van der Waals surface area contributed by atoms with E-state index in [0.717, 1.165) is 15.9 Å². The Labute approximate surface area is 209 Å². The van der Waals surface area contributed by atoms with Gasteiger partial charge >= 0.3 is 0 Å². The highest BCUT2D eigenvalue weighted by atomic mass is 79.9. The van der Waals surface area contributed by atoms with Gasteiger partial charge in [0.15, 0.2) is 5.11 Å². The predicted molar refractivity (Wildman–Crippen MR) is 145 cm³/mol. The molecule has 0 bridgehead atoms. The SMILES string of the molecule is CC1=CC(C)(C)N(C)c2ccc([C@H]3[C@H](c4ccccn4)NC(=S)N3c3ccc(Br)cc3)cc21. The Morgan fingerprint density at radius 2 is 1.82 bits per heavy atom. The van der Waals surface area contributed by atoms with Gasteiger partial charge in [0.05, 0.1) is 23.3 Å². The fourth-order valence-electron chi connectivity index (χ4n) is 4.93. The van der Waals surface area contributed by atoms with Gasteiger partial charge in [0.2, 0.25) is 0 Å². The van der Waals surface area contributed by atoms with Gasteiger partial charge in [-0.25, -0.2) is 0 Å². The number of pyridine rings is 1. The minimum absolute atomic E-state index is 0.0188. The molecule has 0 unspecified atom stereocenters. The van der Waals surface area contributed by atoms with Crippen LogP contribution in [0, 0.1) is 0 Å². The third-order valence-corrected chi connectivity index (χ3v) is 7.63. The van der Waals surface area contributed by atoms with Crippen molar-refractivity contribution in [2.45, 2.75) is 38.4 Å². The minimum Gasteiger partial charge on any atom is -0.366 e. The Balaban J connectivity index is 1.65. The summed E-state index contributed by atoms with van der Waals surface area (Å²) in [4.78, 5) is 9.24. The monoisotopic (exact) mass is 518 g/mol. The Morgan fingerprint density at radius 1 is 1.06 bits per heavy atom. The number of hydrogen-bond acceptors (Lipinski definition) is 3. The van der Waals surface area contributed by atoms with Crippen molar-refractivity contribution in [3.63, 3.8) is 0 Å². The lowest BCUT2D eigenvalue weighted by molar-refractivity contribution is 0.566. The molecule has 1 N–H and O–H groups in total. The Hall–Kier alpha value is -2.70. The number of rotatable bonds is 3. The first-order valence-corrected chi connectivity index (χ1v) is 12.3. The average molecular weight is 520 g/mol. The second kappa shape index (κ2) is 8.26. The van der Waals surface area contributed by atoms with E-state index in [1.54, 1.807) is 0 Å². The zero-order valence-corrected chi connectivity index (χ0v) is 21.6. The highest BCUT2D eigenvalue weighted by molar-refractivity contribution is 9.10. The molecule has 0 radical (unpaired) electrons. The maximum Gasteiger partial charge on any atom is 0.174 e. The topological polar surface area (TPSA) is 31.4 Å². The van der Waals surface area contributed by atoms with Gasteiger partial charge in [0.1, 0.15) is 0 Å². The van der Waals surface area contributed by atoms with Crippen molar-refractivity contribution < 1.29 is 0 Å². The molecule has 2 aromatic carbocycles. The molecular weight excluding hydrogens is 492 g/mol. The van der Waals surface area contributed by atoms with E-state index < -0.39 is 0 Å². The van der Waals surface area contributed by atoms with Crippen molar-refractivity contribution >= 4 is 50.2 Å². The molecule has 5 rings (SSSR count). The number of fused-ring (bicyclic) bond motifs is 1. The number of nitrogens with zero attached hydrogens (tertiary/aromatic N) is 3. The number of anilines is 2. The Morgan fingerprint density at radius 3 is 2.52 bits per heavy atom. The zero-order chi connectivity index (χ0) is 23.3. The number of benzene rings is 2. The van der Waals surface area contributed by atoms with Crippen molar-refractivity contribution in [3.05, 3.63) is 94.2 Å². The third kappa shape index (κ3) is 3.85.